The van der Waals surface area contributed by atoms with Crippen molar-refractivity contribution in [2.24, 2.45) is 0 Å². The molecule has 0 aromatic heterocycles. The van der Waals surface area contributed by atoms with Crippen LogP contribution in [0.1, 0.15) is 0 Å². The maximum atomic E-state index is 6.19. The third kappa shape index (κ3) is 2.37. The van der Waals surface area contributed by atoms with Crippen molar-refractivity contribution in [2.75, 3.05) is 7.11 Å². The van der Waals surface area contributed by atoms with Crippen LogP contribution in [0, 0.1) is 0 Å². The van der Waals surface area contributed by atoms with E-state index in [2.05, 4.69) is 0 Å². The average molecular weight is 288 g/mol. The predicted molar refractivity (Wildman–Crippen MR) is 73.5 cm³/mol. The summed E-state index contributed by atoms with van der Waals surface area (Å²) in [6.07, 6.45) is 0. The molecule has 0 saturated carbocycles. The first kappa shape index (κ1) is 12.6. The normalized spacial score (nSPS) is 10.4. The fourth-order valence-corrected chi connectivity index (χ4v) is 2.28. The number of hydrogen-bond donors (Lipinski definition) is 0. The molecule has 0 amide bonds. The van der Waals surface area contributed by atoms with Crippen LogP contribution in [0.2, 0.25) is 15.1 Å². The molecular weight excluding hydrogens is 279 g/mol. The number of halogens is 3. The predicted octanol–water partition coefficient (Wildman–Crippen LogP) is 5.32. The summed E-state index contributed by atoms with van der Waals surface area (Å²) in [5, 5.41) is 1.08. The Bertz CT molecular complexity index is 538. The van der Waals surface area contributed by atoms with Gasteiger partial charge in [0.2, 0.25) is 0 Å². The van der Waals surface area contributed by atoms with Crippen molar-refractivity contribution < 1.29 is 4.74 Å². The van der Waals surface area contributed by atoms with Gasteiger partial charge in [-0.2, -0.15) is 0 Å². The quantitative estimate of drug-likeness (QED) is 0.679. The van der Waals surface area contributed by atoms with Gasteiger partial charge in [0.05, 0.1) is 17.2 Å². The van der Waals surface area contributed by atoms with Crippen molar-refractivity contribution >= 4 is 34.8 Å². The molecule has 0 atom stereocenters. The summed E-state index contributed by atoms with van der Waals surface area (Å²) in [4.78, 5) is 0. The van der Waals surface area contributed by atoms with Gasteiger partial charge in [0.15, 0.2) is 0 Å². The van der Waals surface area contributed by atoms with E-state index in [4.69, 9.17) is 39.5 Å². The first-order valence-corrected chi connectivity index (χ1v) is 6.05. The standard InChI is InChI=1S/C13H9Cl3O/c1-17-10-7-9(8-5-3-2-4-6-8)11(14)13(16)12(10)15/h2-7H,1H3. The third-order valence-electron chi connectivity index (χ3n) is 2.42. The molecule has 0 aliphatic carbocycles. The molecule has 0 radical (unpaired) electrons. The largest absolute Gasteiger partial charge is 0.495 e. The highest BCUT2D eigenvalue weighted by atomic mass is 35.5. The molecule has 2 aromatic carbocycles. The van der Waals surface area contributed by atoms with Crippen molar-refractivity contribution in [3.63, 3.8) is 0 Å². The number of ether oxygens (including phenoxy) is 1. The van der Waals surface area contributed by atoms with Crippen LogP contribution in [0.15, 0.2) is 36.4 Å². The van der Waals surface area contributed by atoms with Crippen LogP contribution in [0.25, 0.3) is 11.1 Å². The fourth-order valence-electron chi connectivity index (χ4n) is 1.56. The molecule has 0 heterocycles. The van der Waals surface area contributed by atoms with Gasteiger partial charge in [-0.15, -0.1) is 0 Å². The highest BCUT2D eigenvalue weighted by molar-refractivity contribution is 6.49. The van der Waals surface area contributed by atoms with Crippen molar-refractivity contribution in [3.8, 4) is 16.9 Å². The van der Waals surface area contributed by atoms with E-state index in [0.717, 1.165) is 11.1 Å². The van der Waals surface area contributed by atoms with Crippen molar-refractivity contribution in [3.05, 3.63) is 51.5 Å². The molecule has 0 bridgehead atoms. The Morgan fingerprint density at radius 3 is 2.12 bits per heavy atom. The van der Waals surface area contributed by atoms with E-state index in [0.29, 0.717) is 20.8 Å². The van der Waals surface area contributed by atoms with Gasteiger partial charge in [-0.05, 0) is 11.6 Å². The lowest BCUT2D eigenvalue weighted by atomic mass is 10.1. The van der Waals surface area contributed by atoms with E-state index < -0.39 is 0 Å². The van der Waals surface area contributed by atoms with Gasteiger partial charge in [0.25, 0.3) is 0 Å². The zero-order chi connectivity index (χ0) is 12.4. The van der Waals surface area contributed by atoms with E-state index in [9.17, 15) is 0 Å². The Morgan fingerprint density at radius 1 is 0.882 bits per heavy atom. The van der Waals surface area contributed by atoms with Crippen molar-refractivity contribution in [1.29, 1.82) is 0 Å². The van der Waals surface area contributed by atoms with Gasteiger partial charge in [-0.1, -0.05) is 65.1 Å². The first-order chi connectivity index (χ1) is 8.15. The fraction of sp³-hybridized carbons (Fsp3) is 0.0769. The lowest BCUT2D eigenvalue weighted by Gasteiger charge is -2.11. The molecule has 2 rings (SSSR count). The van der Waals surface area contributed by atoms with Crippen molar-refractivity contribution in [1.82, 2.24) is 0 Å². The maximum Gasteiger partial charge on any atom is 0.139 e. The Hall–Kier alpha value is -0.890. The van der Waals surface area contributed by atoms with Crippen LogP contribution >= 0.6 is 34.8 Å². The zero-order valence-electron chi connectivity index (χ0n) is 9.01. The molecule has 0 aliphatic rings. The molecule has 0 aliphatic heterocycles. The molecule has 2 aromatic rings. The molecular formula is C13H9Cl3O. The molecule has 0 fully saturated rings. The average Bonchev–Trinajstić information content (AvgIpc) is 2.37. The first-order valence-electron chi connectivity index (χ1n) is 4.92. The summed E-state index contributed by atoms with van der Waals surface area (Å²) >= 11 is 18.3. The lowest BCUT2D eigenvalue weighted by Crippen LogP contribution is -1.88. The summed E-state index contributed by atoms with van der Waals surface area (Å²) in [5.74, 6) is 0.514. The smallest absolute Gasteiger partial charge is 0.139 e. The van der Waals surface area contributed by atoms with E-state index in [1.165, 1.54) is 0 Å². The van der Waals surface area contributed by atoms with E-state index >= 15 is 0 Å². The summed E-state index contributed by atoms with van der Waals surface area (Å²) < 4.78 is 5.17. The van der Waals surface area contributed by atoms with Crippen LogP contribution < -0.4 is 4.74 Å². The maximum absolute atomic E-state index is 6.19. The second kappa shape index (κ2) is 5.18. The summed E-state index contributed by atoms with van der Waals surface area (Å²) in [6, 6.07) is 11.5. The van der Waals surface area contributed by atoms with Crippen LogP contribution in [0.3, 0.4) is 0 Å². The zero-order valence-corrected chi connectivity index (χ0v) is 11.3. The molecule has 88 valence electrons. The second-order valence-corrected chi connectivity index (χ2v) is 4.57. The number of benzene rings is 2. The lowest BCUT2D eigenvalue weighted by molar-refractivity contribution is 0.415. The molecule has 1 nitrogen and oxygen atoms in total. The highest BCUT2D eigenvalue weighted by Crippen LogP contribution is 2.43. The van der Waals surface area contributed by atoms with Crippen LogP contribution in [-0.2, 0) is 0 Å². The highest BCUT2D eigenvalue weighted by Gasteiger charge is 2.15. The van der Waals surface area contributed by atoms with Gasteiger partial charge >= 0.3 is 0 Å². The van der Waals surface area contributed by atoms with Gasteiger partial charge in [0, 0.05) is 5.56 Å². The number of hydrogen-bond acceptors (Lipinski definition) is 1. The molecule has 17 heavy (non-hydrogen) atoms. The van der Waals surface area contributed by atoms with Crippen LogP contribution in [0.5, 0.6) is 5.75 Å². The summed E-state index contributed by atoms with van der Waals surface area (Å²) in [6.45, 7) is 0. The minimum Gasteiger partial charge on any atom is -0.495 e. The van der Waals surface area contributed by atoms with E-state index in [1.807, 2.05) is 30.3 Å². The van der Waals surface area contributed by atoms with Crippen LogP contribution in [-0.4, -0.2) is 7.11 Å². The Balaban J connectivity index is 2.67. The minimum absolute atomic E-state index is 0.312. The summed E-state index contributed by atoms with van der Waals surface area (Å²) in [5.41, 5.74) is 1.77. The Morgan fingerprint density at radius 2 is 1.53 bits per heavy atom. The van der Waals surface area contributed by atoms with E-state index in [1.54, 1.807) is 13.2 Å². The van der Waals surface area contributed by atoms with Crippen LogP contribution in [0.4, 0.5) is 0 Å². The monoisotopic (exact) mass is 286 g/mol. The van der Waals surface area contributed by atoms with Gasteiger partial charge in [-0.25, -0.2) is 0 Å². The molecule has 4 heteroatoms. The molecule has 0 unspecified atom stereocenters. The minimum atomic E-state index is 0.312. The Labute approximate surface area is 115 Å². The summed E-state index contributed by atoms with van der Waals surface area (Å²) in [7, 11) is 1.54. The van der Waals surface area contributed by atoms with Gasteiger partial charge in [-0.3, -0.25) is 0 Å². The van der Waals surface area contributed by atoms with E-state index in [-0.39, 0.29) is 0 Å². The topological polar surface area (TPSA) is 9.23 Å². The third-order valence-corrected chi connectivity index (χ3v) is 3.76. The number of methoxy groups -OCH3 is 1. The number of rotatable bonds is 2. The molecule has 0 spiro atoms. The Kier molecular flexibility index (Phi) is 3.82. The second-order valence-electron chi connectivity index (χ2n) is 3.43. The molecule has 0 N–H and O–H groups in total. The van der Waals surface area contributed by atoms with Crippen molar-refractivity contribution in [2.45, 2.75) is 0 Å². The van der Waals surface area contributed by atoms with Gasteiger partial charge < -0.3 is 4.74 Å². The SMILES string of the molecule is COc1cc(-c2ccccc2)c(Cl)c(Cl)c1Cl. The van der Waals surface area contributed by atoms with Gasteiger partial charge in [0.1, 0.15) is 10.8 Å². The molecule has 0 saturated heterocycles.